The maximum Gasteiger partial charge on any atom is 0.269 e. The number of rotatable bonds is 10. The van der Waals surface area contributed by atoms with E-state index in [0.29, 0.717) is 23.0 Å². The van der Waals surface area contributed by atoms with E-state index < -0.39 is 4.92 Å². The highest BCUT2D eigenvalue weighted by Gasteiger charge is 2.17. The Bertz CT molecular complexity index is 1420. The molecule has 4 rings (SSSR count). The van der Waals surface area contributed by atoms with Crippen LogP contribution < -0.4 is 15.4 Å². The predicted octanol–water partition coefficient (Wildman–Crippen LogP) is 6.49. The number of amides is 2. The number of anilines is 2. The molecular formula is C27H24N4O5S2. The van der Waals surface area contributed by atoms with Gasteiger partial charge in [0.1, 0.15) is 5.75 Å². The van der Waals surface area contributed by atoms with Gasteiger partial charge >= 0.3 is 0 Å². The molecule has 4 aromatic rings. The quantitative estimate of drug-likeness (QED) is 0.132. The molecule has 0 aliphatic carbocycles. The van der Waals surface area contributed by atoms with E-state index in [9.17, 15) is 19.7 Å². The summed E-state index contributed by atoms with van der Waals surface area (Å²) in [6.07, 6.45) is 0. The summed E-state index contributed by atoms with van der Waals surface area (Å²) in [5, 5.41) is 18.4. The number of benzene rings is 3. The van der Waals surface area contributed by atoms with Crippen molar-refractivity contribution in [3.8, 4) is 17.0 Å². The molecule has 9 nitrogen and oxygen atoms in total. The number of nitro benzene ring substituents is 1. The van der Waals surface area contributed by atoms with Crippen LogP contribution >= 0.6 is 23.1 Å². The number of carbonyl (C=O) groups excluding carboxylic acids is 2. The van der Waals surface area contributed by atoms with Gasteiger partial charge in [0.25, 0.3) is 11.6 Å². The number of nitrogens with zero attached hydrogens (tertiary/aromatic N) is 2. The van der Waals surface area contributed by atoms with Gasteiger partial charge in [0.05, 0.1) is 22.5 Å². The average molecular weight is 549 g/mol. The maximum absolute atomic E-state index is 12.7. The van der Waals surface area contributed by atoms with Crippen LogP contribution in [0.2, 0.25) is 0 Å². The summed E-state index contributed by atoms with van der Waals surface area (Å²) in [4.78, 5) is 40.8. The summed E-state index contributed by atoms with van der Waals surface area (Å²) in [5.74, 6) is 0.255. The first-order valence-corrected chi connectivity index (χ1v) is 13.4. The van der Waals surface area contributed by atoms with Crippen LogP contribution in [0.5, 0.6) is 5.75 Å². The lowest BCUT2D eigenvalue weighted by Crippen LogP contribution is -2.22. The lowest BCUT2D eigenvalue weighted by Gasteiger charge is -2.11. The van der Waals surface area contributed by atoms with E-state index in [-0.39, 0.29) is 22.8 Å². The Morgan fingerprint density at radius 1 is 1.03 bits per heavy atom. The zero-order valence-corrected chi connectivity index (χ0v) is 22.2. The van der Waals surface area contributed by atoms with Gasteiger partial charge in [0.15, 0.2) is 5.13 Å². The minimum Gasteiger partial charge on any atom is -0.494 e. The lowest BCUT2D eigenvalue weighted by molar-refractivity contribution is -0.384. The van der Waals surface area contributed by atoms with Crippen molar-refractivity contribution >= 4 is 51.4 Å². The molecule has 2 N–H and O–H groups in total. The highest BCUT2D eigenvalue weighted by atomic mass is 32.2. The van der Waals surface area contributed by atoms with Gasteiger partial charge in [-0.25, -0.2) is 4.98 Å². The Kier molecular flexibility index (Phi) is 8.72. The van der Waals surface area contributed by atoms with Crippen molar-refractivity contribution in [1.29, 1.82) is 0 Å². The number of nitrogens with one attached hydrogen (secondary N) is 2. The van der Waals surface area contributed by atoms with Crippen molar-refractivity contribution in [3.63, 3.8) is 0 Å². The van der Waals surface area contributed by atoms with Gasteiger partial charge in [-0.05, 0) is 74.5 Å². The summed E-state index contributed by atoms with van der Waals surface area (Å²) < 4.78 is 5.47. The Morgan fingerprint density at radius 3 is 2.34 bits per heavy atom. The normalized spacial score (nSPS) is 11.4. The number of hydrogen-bond donors (Lipinski definition) is 2. The minimum atomic E-state index is -0.517. The van der Waals surface area contributed by atoms with Gasteiger partial charge < -0.3 is 15.4 Å². The second kappa shape index (κ2) is 12.3. The van der Waals surface area contributed by atoms with Gasteiger partial charge in [-0.3, -0.25) is 19.7 Å². The molecule has 194 valence electrons. The summed E-state index contributed by atoms with van der Waals surface area (Å²) in [7, 11) is 0. The molecule has 1 heterocycles. The number of carbonyl (C=O) groups is 2. The standard InChI is InChI=1S/C27H24N4O5S2/c1-3-36-22-12-6-18(7-13-22)24-16-37-27(29-24)30-25(32)17(2)38-23-14-8-20(9-15-23)28-26(33)19-4-10-21(11-5-19)31(34)35/h4-17H,3H2,1-2H3,(H,28,33)(H,29,30,32). The number of nitro groups is 1. The molecule has 1 unspecified atom stereocenters. The molecule has 0 aliphatic heterocycles. The molecule has 0 bridgehead atoms. The van der Waals surface area contributed by atoms with E-state index >= 15 is 0 Å². The molecule has 38 heavy (non-hydrogen) atoms. The predicted molar refractivity (Wildman–Crippen MR) is 150 cm³/mol. The van der Waals surface area contributed by atoms with Crippen molar-refractivity contribution in [2.75, 3.05) is 17.2 Å². The first-order chi connectivity index (χ1) is 18.3. The fourth-order valence-electron chi connectivity index (χ4n) is 3.37. The third-order valence-corrected chi connectivity index (χ3v) is 7.20. The largest absolute Gasteiger partial charge is 0.494 e. The van der Waals surface area contributed by atoms with Crippen LogP contribution in [0.1, 0.15) is 24.2 Å². The molecule has 0 aliphatic rings. The molecule has 0 saturated carbocycles. The summed E-state index contributed by atoms with van der Waals surface area (Å²) in [5.41, 5.74) is 2.52. The Hall–Kier alpha value is -4.22. The van der Waals surface area contributed by atoms with E-state index in [0.717, 1.165) is 21.9 Å². The second-order valence-corrected chi connectivity index (χ2v) is 10.3. The molecule has 1 atom stereocenters. The maximum atomic E-state index is 12.7. The SMILES string of the molecule is CCOc1ccc(-c2csc(NC(=O)C(C)Sc3ccc(NC(=O)c4ccc([N+](=O)[O-])cc4)cc3)n2)cc1. The molecule has 2 amide bonds. The Labute approximate surface area is 227 Å². The minimum absolute atomic E-state index is 0.0796. The zero-order chi connectivity index (χ0) is 27.1. The first-order valence-electron chi connectivity index (χ1n) is 11.6. The van der Waals surface area contributed by atoms with Gasteiger partial charge in [0.2, 0.25) is 5.91 Å². The van der Waals surface area contributed by atoms with Crippen LogP contribution in [0.25, 0.3) is 11.3 Å². The van der Waals surface area contributed by atoms with Crippen LogP contribution in [0, 0.1) is 10.1 Å². The molecule has 0 radical (unpaired) electrons. The fourth-order valence-corrected chi connectivity index (χ4v) is 4.96. The molecule has 0 fully saturated rings. The van der Waals surface area contributed by atoms with E-state index in [1.165, 1.54) is 47.4 Å². The lowest BCUT2D eigenvalue weighted by atomic mass is 10.2. The number of thioether (sulfide) groups is 1. The topological polar surface area (TPSA) is 123 Å². The molecule has 1 aromatic heterocycles. The van der Waals surface area contributed by atoms with Gasteiger partial charge in [-0.2, -0.15) is 0 Å². The van der Waals surface area contributed by atoms with Crippen LogP contribution in [0.3, 0.4) is 0 Å². The number of ether oxygens (including phenoxy) is 1. The van der Waals surface area contributed by atoms with Crippen molar-refractivity contribution in [3.05, 3.63) is 93.9 Å². The van der Waals surface area contributed by atoms with E-state index in [2.05, 4.69) is 15.6 Å². The Balaban J connectivity index is 1.29. The molecular weight excluding hydrogens is 524 g/mol. The monoisotopic (exact) mass is 548 g/mol. The summed E-state index contributed by atoms with van der Waals surface area (Å²) >= 11 is 2.74. The van der Waals surface area contributed by atoms with Crippen LogP contribution in [0.4, 0.5) is 16.5 Å². The van der Waals surface area contributed by atoms with Crippen molar-refractivity contribution in [2.45, 2.75) is 24.0 Å². The van der Waals surface area contributed by atoms with E-state index in [1.54, 1.807) is 12.1 Å². The second-order valence-electron chi connectivity index (χ2n) is 8.03. The highest BCUT2D eigenvalue weighted by molar-refractivity contribution is 8.00. The van der Waals surface area contributed by atoms with Crippen LogP contribution in [-0.4, -0.2) is 33.6 Å². The van der Waals surface area contributed by atoms with Gasteiger partial charge in [-0.1, -0.05) is 0 Å². The molecule has 0 spiro atoms. The summed E-state index contributed by atoms with van der Waals surface area (Å²) in [6.45, 7) is 4.35. The van der Waals surface area contributed by atoms with Crippen molar-refractivity contribution < 1.29 is 19.2 Å². The van der Waals surface area contributed by atoms with Crippen LogP contribution in [-0.2, 0) is 4.79 Å². The highest BCUT2D eigenvalue weighted by Crippen LogP contribution is 2.29. The smallest absolute Gasteiger partial charge is 0.269 e. The number of non-ortho nitro benzene ring substituents is 1. The van der Waals surface area contributed by atoms with Gasteiger partial charge in [0, 0.05) is 39.2 Å². The fraction of sp³-hybridized carbons (Fsp3) is 0.148. The number of thiazole rings is 1. The molecule has 0 saturated heterocycles. The Morgan fingerprint density at radius 2 is 1.71 bits per heavy atom. The first kappa shape index (κ1) is 26.8. The van der Waals surface area contributed by atoms with E-state index in [4.69, 9.17) is 4.74 Å². The third-order valence-electron chi connectivity index (χ3n) is 5.33. The van der Waals surface area contributed by atoms with Crippen LogP contribution in [0.15, 0.2) is 83.1 Å². The van der Waals surface area contributed by atoms with Crippen molar-refractivity contribution in [2.24, 2.45) is 0 Å². The number of aromatic nitrogens is 1. The van der Waals surface area contributed by atoms with E-state index in [1.807, 2.05) is 55.6 Å². The third kappa shape index (κ3) is 6.96. The zero-order valence-electron chi connectivity index (χ0n) is 20.5. The van der Waals surface area contributed by atoms with Crippen molar-refractivity contribution in [1.82, 2.24) is 4.98 Å². The molecule has 3 aromatic carbocycles. The average Bonchev–Trinajstić information content (AvgIpc) is 3.38. The van der Waals surface area contributed by atoms with Gasteiger partial charge in [-0.15, -0.1) is 23.1 Å². The molecule has 11 heteroatoms. The summed E-state index contributed by atoms with van der Waals surface area (Å²) in [6, 6.07) is 20.1. The number of hydrogen-bond acceptors (Lipinski definition) is 8.